The lowest BCUT2D eigenvalue weighted by Gasteiger charge is -2.28. The van der Waals surface area contributed by atoms with Crippen LogP contribution in [0.1, 0.15) is 28.9 Å². The van der Waals surface area contributed by atoms with Crippen LogP contribution >= 0.6 is 0 Å². The minimum absolute atomic E-state index is 0.0706. The molecule has 0 radical (unpaired) electrons. The van der Waals surface area contributed by atoms with Crippen LogP contribution in [-0.2, 0) is 14.3 Å². The number of likely N-dealkylation sites (N-methyl/N-ethyl adjacent to an activating group) is 1. The first-order valence-corrected chi connectivity index (χ1v) is 10.3. The van der Waals surface area contributed by atoms with Crippen LogP contribution in [0.4, 0.5) is 5.69 Å². The topological polar surface area (TPSA) is 72.0 Å². The van der Waals surface area contributed by atoms with E-state index in [4.69, 9.17) is 9.47 Å². The summed E-state index contributed by atoms with van der Waals surface area (Å²) in [6.07, 6.45) is 1.71. The normalized spacial score (nSPS) is 17.4. The van der Waals surface area contributed by atoms with Crippen LogP contribution in [0, 0.1) is 0 Å². The van der Waals surface area contributed by atoms with Gasteiger partial charge in [0.05, 0.1) is 38.7 Å². The van der Waals surface area contributed by atoms with E-state index in [0.717, 1.165) is 37.4 Å². The van der Waals surface area contributed by atoms with Crippen LogP contribution in [0.2, 0.25) is 0 Å². The predicted molar refractivity (Wildman–Crippen MR) is 114 cm³/mol. The number of carbonyl (C=O) groups excluding carboxylic acids is 2. The van der Waals surface area contributed by atoms with E-state index in [-0.39, 0.29) is 11.7 Å². The number of hydrogen-bond acceptors (Lipinski definition) is 6. The van der Waals surface area contributed by atoms with Crippen molar-refractivity contribution < 1.29 is 19.1 Å². The van der Waals surface area contributed by atoms with Gasteiger partial charge in [0, 0.05) is 44.7 Å². The summed E-state index contributed by atoms with van der Waals surface area (Å²) in [5.41, 5.74) is 3.96. The minimum Gasteiger partial charge on any atom is -0.380 e. The molecule has 0 bridgehead atoms. The summed E-state index contributed by atoms with van der Waals surface area (Å²) in [5, 5.41) is 0. The molecule has 0 spiro atoms. The first kappa shape index (κ1) is 20.7. The maximum absolute atomic E-state index is 12.9. The first-order valence-electron chi connectivity index (χ1n) is 10.3. The van der Waals surface area contributed by atoms with Gasteiger partial charge in [-0.1, -0.05) is 24.3 Å². The lowest BCUT2D eigenvalue weighted by atomic mass is 9.94. The highest BCUT2D eigenvalue weighted by molar-refractivity contribution is 6.04. The number of hydrogen-bond donors (Lipinski definition) is 0. The van der Waals surface area contributed by atoms with Gasteiger partial charge < -0.3 is 14.4 Å². The van der Waals surface area contributed by atoms with E-state index in [0.29, 0.717) is 37.1 Å². The zero-order valence-electron chi connectivity index (χ0n) is 17.5. The van der Waals surface area contributed by atoms with Gasteiger partial charge in [0.15, 0.2) is 5.78 Å². The molecule has 0 aliphatic carbocycles. The molecular formula is C23H27N3O4. The molecule has 7 nitrogen and oxygen atoms in total. The van der Waals surface area contributed by atoms with Crippen LogP contribution < -0.4 is 4.90 Å². The summed E-state index contributed by atoms with van der Waals surface area (Å²) in [7, 11) is 1.71. The number of rotatable bonds is 6. The standard InChI is InChI=1S/C23H27N3O4/c1-16(27)23-21(25(2)22(28)13-26-6-8-29-9-7-26)11-19(12-24-23)17-4-3-5-18(10-17)20-14-30-15-20/h3-5,10-12,20H,6-9,13-15H2,1-2H3. The summed E-state index contributed by atoms with van der Waals surface area (Å²) >= 11 is 0. The summed E-state index contributed by atoms with van der Waals surface area (Å²) < 4.78 is 10.7. The Morgan fingerprint density at radius 2 is 1.90 bits per heavy atom. The number of aromatic nitrogens is 1. The van der Waals surface area contributed by atoms with Crippen molar-refractivity contribution in [3.63, 3.8) is 0 Å². The molecule has 2 fully saturated rings. The Hall–Kier alpha value is -2.61. The van der Waals surface area contributed by atoms with Crippen LogP contribution in [0.15, 0.2) is 36.5 Å². The molecule has 158 valence electrons. The number of pyridine rings is 1. The number of amides is 1. The van der Waals surface area contributed by atoms with Gasteiger partial charge in [0.1, 0.15) is 5.69 Å². The Balaban J connectivity index is 1.61. The number of anilines is 1. The number of nitrogens with zero attached hydrogens (tertiary/aromatic N) is 3. The van der Waals surface area contributed by atoms with E-state index in [1.807, 2.05) is 18.2 Å². The molecular weight excluding hydrogens is 382 g/mol. The number of Topliss-reactive ketones (excluding diaryl/α,β-unsaturated/α-hetero) is 1. The second-order valence-electron chi connectivity index (χ2n) is 7.85. The molecule has 2 saturated heterocycles. The SMILES string of the molecule is CC(=O)c1ncc(-c2cccc(C3COC3)c2)cc1N(C)C(=O)CN1CCOCC1. The van der Waals surface area contributed by atoms with Crippen molar-refractivity contribution in [1.29, 1.82) is 0 Å². The molecule has 0 unspecified atom stereocenters. The van der Waals surface area contributed by atoms with E-state index in [1.165, 1.54) is 12.5 Å². The third-order valence-electron chi connectivity index (χ3n) is 5.73. The lowest BCUT2D eigenvalue weighted by molar-refractivity contribution is -0.120. The molecule has 3 heterocycles. The third-order valence-corrected chi connectivity index (χ3v) is 5.73. The molecule has 4 rings (SSSR count). The highest BCUT2D eigenvalue weighted by atomic mass is 16.5. The second-order valence-corrected chi connectivity index (χ2v) is 7.85. The Bertz CT molecular complexity index is 936. The molecule has 2 aliphatic rings. The Morgan fingerprint density at radius 1 is 1.13 bits per heavy atom. The Kier molecular flexibility index (Phi) is 6.22. The van der Waals surface area contributed by atoms with Gasteiger partial charge in [-0.3, -0.25) is 19.5 Å². The second kappa shape index (κ2) is 9.04. The zero-order valence-corrected chi connectivity index (χ0v) is 17.5. The fraction of sp³-hybridized carbons (Fsp3) is 0.435. The summed E-state index contributed by atoms with van der Waals surface area (Å²) in [6, 6.07) is 10.2. The van der Waals surface area contributed by atoms with Crippen LogP contribution in [0.3, 0.4) is 0 Å². The number of benzene rings is 1. The van der Waals surface area contributed by atoms with Crippen molar-refractivity contribution in [3.05, 3.63) is 47.8 Å². The van der Waals surface area contributed by atoms with Crippen molar-refractivity contribution >= 4 is 17.4 Å². The van der Waals surface area contributed by atoms with Crippen LogP contribution in [-0.4, -0.2) is 74.7 Å². The minimum atomic E-state index is -0.164. The third kappa shape index (κ3) is 4.43. The van der Waals surface area contributed by atoms with E-state index >= 15 is 0 Å². The predicted octanol–water partition coefficient (Wildman–Crippen LogP) is 2.36. The van der Waals surface area contributed by atoms with E-state index in [9.17, 15) is 9.59 Å². The molecule has 1 aromatic carbocycles. The maximum atomic E-state index is 12.9. The van der Waals surface area contributed by atoms with Crippen molar-refractivity contribution in [3.8, 4) is 11.1 Å². The van der Waals surface area contributed by atoms with Gasteiger partial charge in [0.2, 0.25) is 5.91 Å². The van der Waals surface area contributed by atoms with Crippen molar-refractivity contribution in [2.24, 2.45) is 0 Å². The van der Waals surface area contributed by atoms with Crippen molar-refractivity contribution in [2.75, 3.05) is 58.0 Å². The lowest BCUT2D eigenvalue weighted by Crippen LogP contribution is -2.44. The summed E-state index contributed by atoms with van der Waals surface area (Å²) in [4.78, 5) is 33.1. The largest absolute Gasteiger partial charge is 0.380 e. The fourth-order valence-electron chi connectivity index (χ4n) is 3.73. The molecule has 2 aliphatic heterocycles. The fourth-order valence-corrected chi connectivity index (χ4v) is 3.73. The monoisotopic (exact) mass is 409 g/mol. The summed E-state index contributed by atoms with van der Waals surface area (Å²) in [5.74, 6) is 0.188. The number of morpholine rings is 1. The van der Waals surface area contributed by atoms with E-state index in [1.54, 1.807) is 18.1 Å². The number of ketones is 1. The van der Waals surface area contributed by atoms with E-state index < -0.39 is 0 Å². The first-order chi connectivity index (χ1) is 14.5. The number of ether oxygens (including phenoxy) is 2. The quantitative estimate of drug-likeness (QED) is 0.682. The van der Waals surface area contributed by atoms with Crippen LogP contribution in [0.25, 0.3) is 11.1 Å². The van der Waals surface area contributed by atoms with Gasteiger partial charge in [0.25, 0.3) is 0 Å². The Morgan fingerprint density at radius 3 is 2.57 bits per heavy atom. The molecule has 1 amide bonds. The Labute approximate surface area is 176 Å². The van der Waals surface area contributed by atoms with Gasteiger partial charge in [-0.15, -0.1) is 0 Å². The van der Waals surface area contributed by atoms with Crippen molar-refractivity contribution in [2.45, 2.75) is 12.8 Å². The number of carbonyl (C=O) groups is 2. The molecule has 1 aromatic heterocycles. The molecule has 7 heteroatoms. The molecule has 0 atom stereocenters. The van der Waals surface area contributed by atoms with Gasteiger partial charge in [-0.25, -0.2) is 0 Å². The molecule has 2 aromatic rings. The maximum Gasteiger partial charge on any atom is 0.240 e. The average molecular weight is 409 g/mol. The van der Waals surface area contributed by atoms with Crippen LogP contribution in [0.5, 0.6) is 0 Å². The highest BCUT2D eigenvalue weighted by Crippen LogP contribution is 2.31. The van der Waals surface area contributed by atoms with E-state index in [2.05, 4.69) is 22.0 Å². The van der Waals surface area contributed by atoms with Crippen molar-refractivity contribution in [1.82, 2.24) is 9.88 Å². The highest BCUT2D eigenvalue weighted by Gasteiger charge is 2.23. The smallest absolute Gasteiger partial charge is 0.240 e. The average Bonchev–Trinajstić information content (AvgIpc) is 2.72. The van der Waals surface area contributed by atoms with Gasteiger partial charge in [-0.05, 0) is 17.2 Å². The molecule has 30 heavy (non-hydrogen) atoms. The van der Waals surface area contributed by atoms with Gasteiger partial charge in [-0.2, -0.15) is 0 Å². The summed E-state index contributed by atoms with van der Waals surface area (Å²) in [6.45, 7) is 5.99. The molecule has 0 N–H and O–H groups in total. The van der Waals surface area contributed by atoms with Gasteiger partial charge >= 0.3 is 0 Å². The molecule has 0 saturated carbocycles. The zero-order chi connectivity index (χ0) is 21.1.